The molecule has 0 unspecified atom stereocenters. The largest absolute Gasteiger partial charge is 0.686 e. The van der Waals surface area contributed by atoms with Crippen LogP contribution in [0.1, 0.15) is 46.5 Å². The van der Waals surface area contributed by atoms with E-state index in [-0.39, 0.29) is 21.1 Å². The molecule has 2 aromatic heterocycles. The number of aromatic nitrogens is 2. The molecule has 51 heavy (non-hydrogen) atoms. The Bertz CT molecular complexity index is 2150. The zero-order valence-corrected chi connectivity index (χ0v) is 31.0. The van der Waals surface area contributed by atoms with E-state index in [1.165, 1.54) is 11.1 Å². The first-order valence-electron chi connectivity index (χ1n) is 17.0. The van der Waals surface area contributed by atoms with Crippen molar-refractivity contribution >= 4 is 22.3 Å². The van der Waals surface area contributed by atoms with Gasteiger partial charge >= 0.3 is 0 Å². The summed E-state index contributed by atoms with van der Waals surface area (Å²) in [6.45, 7) is 0. The Morgan fingerprint density at radius 2 is 0.804 bits per heavy atom. The summed E-state index contributed by atoms with van der Waals surface area (Å²) in [4.78, 5) is 9.07. The topological polar surface area (TPSA) is 58.1 Å². The van der Waals surface area contributed by atoms with E-state index in [1.54, 1.807) is 0 Å². The number of nitrogens with one attached hydrogen (secondary N) is 1. The molecule has 0 aliphatic carbocycles. The fourth-order valence-corrected chi connectivity index (χ4v) is 6.61. The number of fused-ring (bicyclic) bond motifs is 4. The van der Waals surface area contributed by atoms with Crippen LogP contribution < -0.4 is 15.7 Å². The van der Waals surface area contributed by atoms with Crippen molar-refractivity contribution in [1.82, 2.24) is 9.97 Å². The van der Waals surface area contributed by atoms with Crippen molar-refractivity contribution in [3.63, 3.8) is 0 Å². The maximum Gasteiger partial charge on any atom is 0.0452 e. The van der Waals surface area contributed by atoms with E-state index in [0.29, 0.717) is 12.8 Å². The standard InChI is InChI=1S/C46H39N4.Pt/c1-47-41-27-15-25-37(33-17-7-3-8-18-33)39-29-30-40(49-39)38(34-19-9-4-10-20-34)26-16-28-42(48-2)46(36-23-13-6-14-24-36)44-32-31-43(50-44)45(41)35-21-11-5-12-22-35;/h3-24,27-32,50H,25-26H2,1-2H3;/q-3;/b27-15-,28-16-,39-37+,40-38+,45-41-,46-42-;. The van der Waals surface area contributed by atoms with Gasteiger partial charge in [0.1, 0.15) is 0 Å². The molecular formula is C46H39N4Pt-3. The number of nitrogens with zero attached hydrogens (tertiary/aromatic N) is 3. The fraction of sp³-hybridized carbons (Fsp3) is 0.0870. The fourth-order valence-electron chi connectivity index (χ4n) is 6.61. The Morgan fingerprint density at radius 3 is 1.16 bits per heavy atom. The second-order valence-corrected chi connectivity index (χ2v) is 12.1. The molecule has 4 aromatic carbocycles. The van der Waals surface area contributed by atoms with E-state index < -0.39 is 0 Å². The third kappa shape index (κ3) is 7.93. The van der Waals surface area contributed by atoms with Crippen LogP contribution in [0.3, 0.4) is 0 Å². The maximum absolute atomic E-state index is 5.29. The van der Waals surface area contributed by atoms with Crippen LogP contribution in [-0.2, 0) is 21.1 Å². The summed E-state index contributed by atoms with van der Waals surface area (Å²) in [7, 11) is 3.72. The van der Waals surface area contributed by atoms with Crippen molar-refractivity contribution in [3.05, 3.63) is 236 Å². The summed E-state index contributed by atoms with van der Waals surface area (Å²) in [6.07, 6.45) is 10.1. The minimum atomic E-state index is 0. The van der Waals surface area contributed by atoms with Gasteiger partial charge in [-0.1, -0.05) is 169 Å². The second kappa shape index (κ2) is 16.9. The Labute approximate surface area is 315 Å². The maximum atomic E-state index is 5.29. The molecular weight excluding hydrogens is 804 g/mol. The van der Waals surface area contributed by atoms with Crippen molar-refractivity contribution in [2.45, 2.75) is 12.8 Å². The molecule has 6 aromatic rings. The van der Waals surface area contributed by atoms with Crippen LogP contribution in [0.5, 0.6) is 0 Å². The SMILES string of the molecule is C[N-]C1=C(/c2ccccc2)c2ccc([nH]2)/C(c2ccccc2)=C([N-]C)/C=C\C/C(c2ccccc2)=c2/cc/c([n-]2)=C(\c2ccccc2)C/C=C\1.[Pt]. The van der Waals surface area contributed by atoms with Gasteiger partial charge in [0.2, 0.25) is 0 Å². The summed E-state index contributed by atoms with van der Waals surface area (Å²) in [5, 5.41) is 11.6. The third-order valence-electron chi connectivity index (χ3n) is 9.04. The van der Waals surface area contributed by atoms with Crippen LogP contribution in [0.15, 0.2) is 181 Å². The molecule has 0 fully saturated rings. The van der Waals surface area contributed by atoms with Gasteiger partial charge in [0, 0.05) is 32.5 Å². The van der Waals surface area contributed by atoms with Crippen LogP contribution in [0.25, 0.3) is 32.9 Å². The molecule has 0 saturated carbocycles. The molecule has 4 bridgehead atoms. The van der Waals surface area contributed by atoms with Crippen LogP contribution in [0.2, 0.25) is 0 Å². The number of H-pyrrole nitrogens is 1. The van der Waals surface area contributed by atoms with Crippen LogP contribution in [0, 0.1) is 0 Å². The van der Waals surface area contributed by atoms with Crippen molar-refractivity contribution < 1.29 is 21.1 Å². The summed E-state index contributed by atoms with van der Waals surface area (Å²) < 4.78 is 0. The van der Waals surface area contributed by atoms with E-state index in [9.17, 15) is 0 Å². The van der Waals surface area contributed by atoms with Gasteiger partial charge in [-0.05, 0) is 58.4 Å². The Hall–Kier alpha value is -5.57. The third-order valence-corrected chi connectivity index (χ3v) is 9.04. The molecule has 3 heterocycles. The molecule has 1 N–H and O–H groups in total. The number of likely N-dealkylation sites (N-methyl/N-ethyl adjacent to an activating group) is 2. The van der Waals surface area contributed by atoms with E-state index in [1.807, 2.05) is 26.2 Å². The van der Waals surface area contributed by atoms with Crippen LogP contribution in [-0.4, -0.2) is 19.1 Å². The molecule has 0 saturated heterocycles. The number of allylic oxidation sites excluding steroid dienone is 4. The number of aromatic amines is 1. The van der Waals surface area contributed by atoms with Gasteiger partial charge in [-0.2, -0.15) is 0 Å². The summed E-state index contributed by atoms with van der Waals surface area (Å²) >= 11 is 0. The molecule has 4 nitrogen and oxygen atoms in total. The van der Waals surface area contributed by atoms with E-state index in [2.05, 4.69) is 163 Å². The smallest absolute Gasteiger partial charge is 0.0452 e. The van der Waals surface area contributed by atoms with Gasteiger partial charge in [-0.25, -0.2) is 0 Å². The van der Waals surface area contributed by atoms with Gasteiger partial charge in [0.25, 0.3) is 0 Å². The average Bonchev–Trinajstić information content (AvgIpc) is 3.86. The summed E-state index contributed by atoms with van der Waals surface area (Å²) in [6, 6.07) is 50.7. The van der Waals surface area contributed by atoms with Gasteiger partial charge in [-0.3, -0.25) is 0 Å². The number of rotatable bonds is 6. The van der Waals surface area contributed by atoms with Crippen molar-refractivity contribution in [2.24, 2.45) is 0 Å². The minimum Gasteiger partial charge on any atom is -0.686 e. The number of hydrogen-bond acceptors (Lipinski definition) is 0. The van der Waals surface area contributed by atoms with Gasteiger partial charge in [-0.15, -0.1) is 36.2 Å². The molecule has 5 heteroatoms. The molecule has 0 atom stereocenters. The first kappa shape index (κ1) is 35.3. The zero-order chi connectivity index (χ0) is 34.1. The summed E-state index contributed by atoms with van der Waals surface area (Å²) in [5.41, 5.74) is 12.6. The first-order chi connectivity index (χ1) is 24.7. The van der Waals surface area contributed by atoms with E-state index in [0.717, 1.165) is 66.9 Å². The molecule has 0 amide bonds. The molecule has 0 radical (unpaired) electrons. The van der Waals surface area contributed by atoms with Crippen molar-refractivity contribution in [3.8, 4) is 0 Å². The normalized spacial score (nSPS) is 20.0. The Morgan fingerprint density at radius 1 is 0.451 bits per heavy atom. The molecule has 0 spiro atoms. The van der Waals surface area contributed by atoms with Crippen LogP contribution in [0.4, 0.5) is 0 Å². The molecule has 7 rings (SSSR count). The Balaban J connectivity index is 0.00000448. The molecule has 1 aliphatic heterocycles. The first-order valence-corrected chi connectivity index (χ1v) is 17.0. The minimum absolute atomic E-state index is 0. The number of hydrogen-bond donors (Lipinski definition) is 1. The van der Waals surface area contributed by atoms with E-state index >= 15 is 0 Å². The molecule has 256 valence electrons. The monoisotopic (exact) mass is 842 g/mol. The van der Waals surface area contributed by atoms with Gasteiger partial charge in [0.05, 0.1) is 0 Å². The van der Waals surface area contributed by atoms with Gasteiger partial charge in [0.15, 0.2) is 0 Å². The Kier molecular flexibility index (Phi) is 11.7. The predicted octanol–water partition coefficient (Wildman–Crippen LogP) is 9.50. The summed E-state index contributed by atoms with van der Waals surface area (Å²) in [5.74, 6) is 0. The zero-order valence-electron chi connectivity index (χ0n) is 28.7. The number of benzene rings is 4. The van der Waals surface area contributed by atoms with E-state index in [4.69, 9.17) is 15.6 Å². The quantitative estimate of drug-likeness (QED) is 0.179. The van der Waals surface area contributed by atoms with Crippen molar-refractivity contribution in [1.29, 1.82) is 0 Å². The second-order valence-electron chi connectivity index (χ2n) is 12.1. The average molecular weight is 843 g/mol. The predicted molar refractivity (Wildman–Crippen MR) is 209 cm³/mol. The van der Waals surface area contributed by atoms with Gasteiger partial charge < -0.3 is 20.6 Å². The van der Waals surface area contributed by atoms with Crippen LogP contribution >= 0.6 is 0 Å². The van der Waals surface area contributed by atoms with Crippen molar-refractivity contribution in [2.75, 3.05) is 14.1 Å². The molecule has 1 aliphatic rings.